The molecule has 0 amide bonds. The third kappa shape index (κ3) is 3.43. The lowest BCUT2D eigenvalue weighted by molar-refractivity contribution is 0.545. The monoisotopic (exact) mass is 292 g/mol. The Morgan fingerprint density at radius 3 is 2.65 bits per heavy atom. The lowest BCUT2D eigenvalue weighted by atomic mass is 9.96. The average molecular weight is 292 g/mol. The molecule has 20 heavy (non-hydrogen) atoms. The Kier molecular flexibility index (Phi) is 4.20. The number of thiazole rings is 1. The smallest absolute Gasteiger partial charge is 0.145 e. The number of aromatic nitrogens is 3. The molecule has 2 rings (SSSR count). The maximum absolute atomic E-state index is 5.50. The molecular formula is C13H20N6S. The van der Waals surface area contributed by atoms with Gasteiger partial charge in [0.1, 0.15) is 17.5 Å². The molecule has 0 saturated heterocycles. The maximum Gasteiger partial charge on any atom is 0.145 e. The molecule has 7 heteroatoms. The summed E-state index contributed by atoms with van der Waals surface area (Å²) < 4.78 is 0. The SMILES string of the molecule is CN(Cc1cscn1)c1cc(NN)nc(C(C)(C)C)n1. The Morgan fingerprint density at radius 2 is 2.10 bits per heavy atom. The van der Waals surface area contributed by atoms with Crippen molar-refractivity contribution in [2.24, 2.45) is 5.84 Å². The van der Waals surface area contributed by atoms with Crippen molar-refractivity contribution in [2.75, 3.05) is 17.4 Å². The number of hydrogen-bond acceptors (Lipinski definition) is 7. The summed E-state index contributed by atoms with van der Waals surface area (Å²) in [6, 6.07) is 1.83. The first kappa shape index (κ1) is 14.7. The number of nitrogens with two attached hydrogens (primary N) is 1. The van der Waals surface area contributed by atoms with Gasteiger partial charge in [-0.1, -0.05) is 20.8 Å². The minimum atomic E-state index is -0.136. The Hall–Kier alpha value is -1.73. The fourth-order valence-corrected chi connectivity index (χ4v) is 2.23. The summed E-state index contributed by atoms with van der Waals surface area (Å²) in [6.07, 6.45) is 0. The van der Waals surface area contributed by atoms with E-state index in [2.05, 4.69) is 41.1 Å². The molecule has 0 aromatic carbocycles. The van der Waals surface area contributed by atoms with Crippen molar-refractivity contribution < 1.29 is 0 Å². The summed E-state index contributed by atoms with van der Waals surface area (Å²) in [5, 5.41) is 2.03. The minimum Gasteiger partial charge on any atom is -0.354 e. The molecule has 0 atom stereocenters. The average Bonchev–Trinajstić information content (AvgIpc) is 2.90. The number of nitrogens with zero attached hydrogens (tertiary/aromatic N) is 4. The fraction of sp³-hybridized carbons (Fsp3) is 0.462. The zero-order chi connectivity index (χ0) is 14.8. The van der Waals surface area contributed by atoms with Crippen LogP contribution in [0.3, 0.4) is 0 Å². The van der Waals surface area contributed by atoms with E-state index in [9.17, 15) is 0 Å². The van der Waals surface area contributed by atoms with Gasteiger partial charge in [-0.15, -0.1) is 11.3 Å². The molecule has 0 aliphatic rings. The molecule has 0 bridgehead atoms. The number of hydrazine groups is 1. The number of hydrogen-bond donors (Lipinski definition) is 2. The van der Waals surface area contributed by atoms with Crippen molar-refractivity contribution in [3.8, 4) is 0 Å². The van der Waals surface area contributed by atoms with Gasteiger partial charge in [0.15, 0.2) is 0 Å². The van der Waals surface area contributed by atoms with Gasteiger partial charge < -0.3 is 10.3 Å². The molecule has 0 aliphatic heterocycles. The van der Waals surface area contributed by atoms with E-state index in [-0.39, 0.29) is 5.41 Å². The van der Waals surface area contributed by atoms with Crippen LogP contribution >= 0.6 is 11.3 Å². The normalized spacial score (nSPS) is 11.4. The van der Waals surface area contributed by atoms with Crippen LogP contribution in [0.5, 0.6) is 0 Å². The van der Waals surface area contributed by atoms with Crippen LogP contribution in [-0.4, -0.2) is 22.0 Å². The lowest BCUT2D eigenvalue weighted by Crippen LogP contribution is -2.23. The molecule has 2 aromatic rings. The van der Waals surface area contributed by atoms with Gasteiger partial charge in [-0.2, -0.15) is 0 Å². The summed E-state index contributed by atoms with van der Waals surface area (Å²) in [6.45, 7) is 6.93. The first-order valence-corrected chi connectivity index (χ1v) is 7.29. The molecule has 3 N–H and O–H groups in total. The van der Waals surface area contributed by atoms with Crippen molar-refractivity contribution in [3.63, 3.8) is 0 Å². The zero-order valence-corrected chi connectivity index (χ0v) is 13.0. The largest absolute Gasteiger partial charge is 0.354 e. The van der Waals surface area contributed by atoms with E-state index < -0.39 is 0 Å². The minimum absolute atomic E-state index is 0.136. The van der Waals surface area contributed by atoms with Gasteiger partial charge in [0, 0.05) is 23.9 Å². The van der Waals surface area contributed by atoms with E-state index in [0.717, 1.165) is 17.3 Å². The van der Waals surface area contributed by atoms with Gasteiger partial charge in [-0.05, 0) is 0 Å². The van der Waals surface area contributed by atoms with E-state index >= 15 is 0 Å². The Bertz CT molecular complexity index is 561. The van der Waals surface area contributed by atoms with Gasteiger partial charge in [0.2, 0.25) is 0 Å². The third-order valence-corrected chi connectivity index (χ3v) is 3.44. The van der Waals surface area contributed by atoms with E-state index in [0.29, 0.717) is 12.4 Å². The second kappa shape index (κ2) is 5.72. The van der Waals surface area contributed by atoms with Gasteiger partial charge in [-0.25, -0.2) is 20.8 Å². The number of nitrogens with one attached hydrogen (secondary N) is 1. The molecule has 0 aliphatic carbocycles. The molecule has 108 valence electrons. The van der Waals surface area contributed by atoms with Crippen molar-refractivity contribution in [3.05, 3.63) is 28.5 Å². The van der Waals surface area contributed by atoms with E-state index in [1.165, 1.54) is 0 Å². The predicted octanol–water partition coefficient (Wildman–Crippen LogP) is 2.15. The van der Waals surface area contributed by atoms with Crippen LogP contribution in [0.15, 0.2) is 17.0 Å². The number of anilines is 2. The standard InChI is InChI=1S/C13H20N6S/c1-13(2,3)12-16-10(18-14)5-11(17-12)19(4)6-9-7-20-8-15-9/h5,7-8H,6,14H2,1-4H3,(H,16,17,18). The Balaban J connectivity index is 2.30. The van der Waals surface area contributed by atoms with Crippen LogP contribution in [0, 0.1) is 0 Å². The first-order chi connectivity index (χ1) is 9.40. The molecule has 0 fully saturated rings. The molecule has 2 aromatic heterocycles. The summed E-state index contributed by atoms with van der Waals surface area (Å²) in [4.78, 5) is 15.4. The summed E-state index contributed by atoms with van der Waals surface area (Å²) in [5.41, 5.74) is 5.32. The van der Waals surface area contributed by atoms with Crippen LogP contribution in [0.4, 0.5) is 11.6 Å². The number of rotatable bonds is 4. The van der Waals surface area contributed by atoms with Crippen molar-refractivity contribution in [1.82, 2.24) is 15.0 Å². The highest BCUT2D eigenvalue weighted by molar-refractivity contribution is 7.07. The van der Waals surface area contributed by atoms with Crippen LogP contribution < -0.4 is 16.2 Å². The molecule has 0 unspecified atom stereocenters. The highest BCUT2D eigenvalue weighted by Crippen LogP contribution is 2.24. The van der Waals surface area contributed by atoms with Crippen LogP contribution in [-0.2, 0) is 12.0 Å². The van der Waals surface area contributed by atoms with E-state index in [1.807, 2.05) is 28.9 Å². The maximum atomic E-state index is 5.50. The molecule has 2 heterocycles. The Morgan fingerprint density at radius 1 is 1.35 bits per heavy atom. The fourth-order valence-electron chi connectivity index (χ4n) is 1.68. The molecule has 0 radical (unpaired) electrons. The van der Waals surface area contributed by atoms with Crippen molar-refractivity contribution >= 4 is 23.0 Å². The van der Waals surface area contributed by atoms with Gasteiger partial charge in [0.25, 0.3) is 0 Å². The highest BCUT2D eigenvalue weighted by atomic mass is 32.1. The first-order valence-electron chi connectivity index (χ1n) is 6.34. The summed E-state index contributed by atoms with van der Waals surface area (Å²) in [7, 11) is 1.98. The zero-order valence-electron chi connectivity index (χ0n) is 12.2. The van der Waals surface area contributed by atoms with Gasteiger partial charge in [-0.3, -0.25) is 0 Å². The van der Waals surface area contributed by atoms with Crippen LogP contribution in [0.25, 0.3) is 0 Å². The third-order valence-electron chi connectivity index (χ3n) is 2.81. The van der Waals surface area contributed by atoms with Crippen molar-refractivity contribution in [2.45, 2.75) is 32.7 Å². The van der Waals surface area contributed by atoms with Crippen LogP contribution in [0.2, 0.25) is 0 Å². The van der Waals surface area contributed by atoms with Gasteiger partial charge in [0.05, 0.1) is 17.7 Å². The highest BCUT2D eigenvalue weighted by Gasteiger charge is 2.20. The molecular weight excluding hydrogens is 272 g/mol. The van der Waals surface area contributed by atoms with Gasteiger partial charge >= 0.3 is 0 Å². The molecule has 0 spiro atoms. The second-order valence-electron chi connectivity index (χ2n) is 5.67. The lowest BCUT2D eigenvalue weighted by Gasteiger charge is -2.22. The molecule has 6 nitrogen and oxygen atoms in total. The van der Waals surface area contributed by atoms with E-state index in [1.54, 1.807) is 11.3 Å². The van der Waals surface area contributed by atoms with Crippen LogP contribution in [0.1, 0.15) is 32.3 Å². The topological polar surface area (TPSA) is 80.0 Å². The summed E-state index contributed by atoms with van der Waals surface area (Å²) >= 11 is 1.59. The molecule has 0 saturated carbocycles. The Labute approximate surface area is 123 Å². The van der Waals surface area contributed by atoms with E-state index in [4.69, 9.17) is 5.84 Å². The predicted molar refractivity (Wildman–Crippen MR) is 82.8 cm³/mol. The number of nitrogen functional groups attached to an aromatic ring is 1. The second-order valence-corrected chi connectivity index (χ2v) is 6.38. The summed E-state index contributed by atoms with van der Waals surface area (Å²) in [5.74, 6) is 7.70. The van der Waals surface area contributed by atoms with Crippen molar-refractivity contribution in [1.29, 1.82) is 0 Å². The quantitative estimate of drug-likeness (QED) is 0.664.